The molecule has 2 aromatic rings. The standard InChI is InChI=1S/C13H15N3O2S/c1-18-11-5-3-2-4-9(11)10(14)8-19-13-15-7-6-12(17)16-13/h2-7,10H,8,14H2,1H3,(H,15,16,17). The molecular weight excluding hydrogens is 262 g/mol. The maximum atomic E-state index is 11.1. The van der Waals surface area contributed by atoms with Crippen molar-refractivity contribution >= 4 is 11.8 Å². The maximum absolute atomic E-state index is 11.1. The van der Waals surface area contributed by atoms with E-state index in [1.807, 2.05) is 24.3 Å². The number of nitrogens with zero attached hydrogens (tertiary/aromatic N) is 1. The molecule has 2 rings (SSSR count). The number of nitrogens with one attached hydrogen (secondary N) is 1. The first-order valence-electron chi connectivity index (χ1n) is 5.77. The van der Waals surface area contributed by atoms with E-state index < -0.39 is 0 Å². The van der Waals surface area contributed by atoms with E-state index in [4.69, 9.17) is 10.5 Å². The molecule has 19 heavy (non-hydrogen) atoms. The molecule has 0 radical (unpaired) electrons. The van der Waals surface area contributed by atoms with Crippen molar-refractivity contribution in [3.05, 3.63) is 52.4 Å². The highest BCUT2D eigenvalue weighted by molar-refractivity contribution is 7.99. The van der Waals surface area contributed by atoms with Gasteiger partial charge in [-0.25, -0.2) is 4.98 Å². The Labute approximate surface area is 115 Å². The van der Waals surface area contributed by atoms with Gasteiger partial charge in [0.1, 0.15) is 5.75 Å². The van der Waals surface area contributed by atoms with Gasteiger partial charge in [0.25, 0.3) is 5.56 Å². The zero-order valence-electron chi connectivity index (χ0n) is 10.5. The molecule has 3 N–H and O–H groups in total. The Bertz CT molecular complexity index is 600. The van der Waals surface area contributed by atoms with Gasteiger partial charge in [0.15, 0.2) is 5.16 Å². The second-order valence-electron chi connectivity index (χ2n) is 3.90. The molecule has 6 heteroatoms. The van der Waals surface area contributed by atoms with Crippen LogP contribution in [0.25, 0.3) is 0 Å². The van der Waals surface area contributed by atoms with Crippen LogP contribution in [-0.2, 0) is 0 Å². The summed E-state index contributed by atoms with van der Waals surface area (Å²) in [5.74, 6) is 1.37. The van der Waals surface area contributed by atoms with Crippen LogP contribution in [0.4, 0.5) is 0 Å². The minimum atomic E-state index is -0.188. The van der Waals surface area contributed by atoms with Gasteiger partial charge in [-0.2, -0.15) is 0 Å². The summed E-state index contributed by atoms with van der Waals surface area (Å²) in [5.41, 5.74) is 6.91. The van der Waals surface area contributed by atoms with Crippen LogP contribution < -0.4 is 16.0 Å². The molecule has 0 aliphatic heterocycles. The Morgan fingerprint density at radius 2 is 2.21 bits per heavy atom. The molecule has 0 aliphatic rings. The smallest absolute Gasteiger partial charge is 0.251 e. The van der Waals surface area contributed by atoms with E-state index in [0.29, 0.717) is 10.9 Å². The zero-order chi connectivity index (χ0) is 13.7. The normalized spacial score (nSPS) is 12.1. The highest BCUT2D eigenvalue weighted by Gasteiger charge is 2.12. The lowest BCUT2D eigenvalue weighted by Gasteiger charge is -2.14. The molecule has 0 amide bonds. The number of thioether (sulfide) groups is 1. The first-order chi connectivity index (χ1) is 9.20. The molecule has 1 unspecified atom stereocenters. The highest BCUT2D eigenvalue weighted by atomic mass is 32.2. The number of rotatable bonds is 5. The van der Waals surface area contributed by atoms with Crippen molar-refractivity contribution < 1.29 is 4.74 Å². The van der Waals surface area contributed by atoms with E-state index in [1.54, 1.807) is 7.11 Å². The van der Waals surface area contributed by atoms with Crippen LogP contribution in [0.3, 0.4) is 0 Å². The summed E-state index contributed by atoms with van der Waals surface area (Å²) in [4.78, 5) is 17.9. The Balaban J connectivity index is 2.05. The average molecular weight is 277 g/mol. The predicted molar refractivity (Wildman–Crippen MR) is 75.5 cm³/mol. The molecule has 0 spiro atoms. The van der Waals surface area contributed by atoms with Crippen molar-refractivity contribution in [3.8, 4) is 5.75 Å². The second-order valence-corrected chi connectivity index (χ2v) is 4.91. The van der Waals surface area contributed by atoms with E-state index in [9.17, 15) is 4.79 Å². The first kappa shape index (κ1) is 13.6. The maximum Gasteiger partial charge on any atom is 0.251 e. The summed E-state index contributed by atoms with van der Waals surface area (Å²) in [5, 5.41) is 0.567. The third kappa shape index (κ3) is 3.59. The van der Waals surface area contributed by atoms with Crippen LogP contribution in [0.5, 0.6) is 5.75 Å². The minimum absolute atomic E-state index is 0.164. The average Bonchev–Trinajstić information content (AvgIpc) is 2.45. The van der Waals surface area contributed by atoms with Crippen molar-refractivity contribution in [1.29, 1.82) is 0 Å². The number of para-hydroxylation sites is 1. The number of H-pyrrole nitrogens is 1. The fourth-order valence-corrected chi connectivity index (χ4v) is 2.48. The molecule has 100 valence electrons. The van der Waals surface area contributed by atoms with Gasteiger partial charge < -0.3 is 15.5 Å². The molecule has 5 nitrogen and oxygen atoms in total. The van der Waals surface area contributed by atoms with Gasteiger partial charge in [-0.15, -0.1) is 0 Å². The van der Waals surface area contributed by atoms with Crippen molar-refractivity contribution in [2.24, 2.45) is 5.73 Å². The lowest BCUT2D eigenvalue weighted by Crippen LogP contribution is -2.15. The van der Waals surface area contributed by atoms with Gasteiger partial charge in [-0.1, -0.05) is 30.0 Å². The number of aromatic nitrogens is 2. The van der Waals surface area contributed by atoms with Crippen LogP contribution in [-0.4, -0.2) is 22.8 Å². The summed E-state index contributed by atoms with van der Waals surface area (Å²) in [6, 6.07) is 8.83. The zero-order valence-corrected chi connectivity index (χ0v) is 11.3. The number of hydrogen-bond donors (Lipinski definition) is 2. The van der Waals surface area contributed by atoms with Gasteiger partial charge in [0.05, 0.1) is 7.11 Å². The fourth-order valence-electron chi connectivity index (χ4n) is 1.66. The largest absolute Gasteiger partial charge is 0.496 e. The summed E-state index contributed by atoms with van der Waals surface area (Å²) < 4.78 is 5.27. The molecule has 1 aromatic carbocycles. The third-order valence-corrected chi connectivity index (χ3v) is 3.59. The number of nitrogens with two attached hydrogens (primary N) is 1. The van der Waals surface area contributed by atoms with Crippen molar-refractivity contribution in [1.82, 2.24) is 9.97 Å². The number of methoxy groups -OCH3 is 1. The van der Waals surface area contributed by atoms with Gasteiger partial charge >= 0.3 is 0 Å². The van der Waals surface area contributed by atoms with Crippen LogP contribution >= 0.6 is 11.8 Å². The van der Waals surface area contributed by atoms with Crippen LogP contribution in [0.2, 0.25) is 0 Å². The van der Waals surface area contributed by atoms with Gasteiger partial charge in [-0.05, 0) is 6.07 Å². The van der Waals surface area contributed by atoms with Crippen LogP contribution in [0.15, 0.2) is 46.5 Å². The SMILES string of the molecule is COc1ccccc1C(N)CSc1nccc(=O)[nH]1. The van der Waals surface area contributed by atoms with Crippen LogP contribution in [0.1, 0.15) is 11.6 Å². The number of aromatic amines is 1. The molecule has 0 aliphatic carbocycles. The van der Waals surface area contributed by atoms with E-state index in [-0.39, 0.29) is 11.6 Å². The number of ether oxygens (including phenoxy) is 1. The Kier molecular flexibility index (Phi) is 4.59. The Morgan fingerprint density at radius 3 is 2.95 bits per heavy atom. The molecule has 1 heterocycles. The summed E-state index contributed by atoms with van der Waals surface area (Å²) in [6.07, 6.45) is 1.48. The van der Waals surface area contributed by atoms with Gasteiger partial charge in [0.2, 0.25) is 0 Å². The van der Waals surface area contributed by atoms with Crippen molar-refractivity contribution in [2.75, 3.05) is 12.9 Å². The Hall–Kier alpha value is -1.79. The summed E-state index contributed by atoms with van der Waals surface area (Å²) in [6.45, 7) is 0. The fraction of sp³-hybridized carbons (Fsp3) is 0.231. The lowest BCUT2D eigenvalue weighted by atomic mass is 10.1. The van der Waals surface area contributed by atoms with E-state index >= 15 is 0 Å². The summed E-state index contributed by atoms with van der Waals surface area (Å²) >= 11 is 1.41. The highest BCUT2D eigenvalue weighted by Crippen LogP contribution is 2.26. The van der Waals surface area contributed by atoms with Crippen LogP contribution in [0, 0.1) is 0 Å². The molecule has 1 atom stereocenters. The van der Waals surface area contributed by atoms with Gasteiger partial charge in [0, 0.05) is 29.6 Å². The number of hydrogen-bond acceptors (Lipinski definition) is 5. The third-order valence-electron chi connectivity index (χ3n) is 2.59. The number of benzene rings is 1. The van der Waals surface area contributed by atoms with E-state index in [0.717, 1.165) is 11.3 Å². The molecular formula is C13H15N3O2S. The molecule has 0 bridgehead atoms. The predicted octanol–water partition coefficient (Wildman–Crippen LogP) is 1.57. The van der Waals surface area contributed by atoms with Crippen molar-refractivity contribution in [2.45, 2.75) is 11.2 Å². The molecule has 0 saturated carbocycles. The van der Waals surface area contributed by atoms with E-state index in [1.165, 1.54) is 24.0 Å². The lowest BCUT2D eigenvalue weighted by molar-refractivity contribution is 0.407. The topological polar surface area (TPSA) is 81.0 Å². The van der Waals surface area contributed by atoms with Gasteiger partial charge in [-0.3, -0.25) is 4.79 Å². The second kappa shape index (κ2) is 6.40. The molecule has 0 fully saturated rings. The quantitative estimate of drug-likeness (QED) is 0.640. The monoisotopic (exact) mass is 277 g/mol. The van der Waals surface area contributed by atoms with Crippen molar-refractivity contribution in [3.63, 3.8) is 0 Å². The molecule has 1 aromatic heterocycles. The molecule has 0 saturated heterocycles. The van der Waals surface area contributed by atoms with E-state index in [2.05, 4.69) is 9.97 Å². The first-order valence-corrected chi connectivity index (χ1v) is 6.76. The minimum Gasteiger partial charge on any atom is -0.496 e. The Morgan fingerprint density at radius 1 is 1.42 bits per heavy atom. The summed E-state index contributed by atoms with van der Waals surface area (Å²) in [7, 11) is 1.62.